The van der Waals surface area contributed by atoms with E-state index in [2.05, 4.69) is 10.1 Å². The fourth-order valence-electron chi connectivity index (χ4n) is 2.76. The molecule has 1 aromatic heterocycles. The first-order valence-electron chi connectivity index (χ1n) is 8.74. The van der Waals surface area contributed by atoms with E-state index in [0.29, 0.717) is 27.2 Å². The second-order valence-electron chi connectivity index (χ2n) is 6.17. The Morgan fingerprint density at radius 2 is 1.83 bits per heavy atom. The van der Waals surface area contributed by atoms with E-state index in [1.54, 1.807) is 54.6 Å². The van der Waals surface area contributed by atoms with Gasteiger partial charge < -0.3 is 4.74 Å². The van der Waals surface area contributed by atoms with E-state index in [-0.39, 0.29) is 17.0 Å². The Labute approximate surface area is 174 Å². The molecule has 0 unspecified atom stereocenters. The van der Waals surface area contributed by atoms with Gasteiger partial charge in [-0.15, -0.1) is 0 Å². The van der Waals surface area contributed by atoms with Crippen molar-refractivity contribution in [1.29, 1.82) is 0 Å². The van der Waals surface area contributed by atoms with Gasteiger partial charge in [-0.25, -0.2) is 4.98 Å². The van der Waals surface area contributed by atoms with Crippen LogP contribution in [-0.2, 0) is 0 Å². The van der Waals surface area contributed by atoms with Gasteiger partial charge in [-0.1, -0.05) is 35.9 Å². The van der Waals surface area contributed by atoms with Gasteiger partial charge in [0.25, 0.3) is 5.56 Å². The number of para-hydroxylation sites is 2. The number of nitro groups is 1. The van der Waals surface area contributed by atoms with Crippen LogP contribution in [0.1, 0.15) is 5.56 Å². The summed E-state index contributed by atoms with van der Waals surface area (Å²) in [6, 6.07) is 17.9. The number of ether oxygens (including phenoxy) is 1. The predicted molar refractivity (Wildman–Crippen MR) is 114 cm³/mol. The fourth-order valence-corrected chi connectivity index (χ4v) is 2.93. The fraction of sp³-hybridized carbons (Fsp3) is 0. The van der Waals surface area contributed by atoms with E-state index in [9.17, 15) is 14.9 Å². The minimum atomic E-state index is -0.562. The number of benzene rings is 3. The monoisotopic (exact) mass is 420 g/mol. The van der Waals surface area contributed by atoms with Crippen LogP contribution in [0.5, 0.6) is 11.5 Å². The van der Waals surface area contributed by atoms with E-state index < -0.39 is 4.92 Å². The van der Waals surface area contributed by atoms with Gasteiger partial charge in [0.1, 0.15) is 12.1 Å². The van der Waals surface area contributed by atoms with Crippen LogP contribution in [0.3, 0.4) is 0 Å². The van der Waals surface area contributed by atoms with Crippen molar-refractivity contribution >= 4 is 34.4 Å². The van der Waals surface area contributed by atoms with Gasteiger partial charge in [0.2, 0.25) is 5.75 Å². The van der Waals surface area contributed by atoms with Gasteiger partial charge in [0.05, 0.1) is 27.1 Å². The lowest BCUT2D eigenvalue weighted by atomic mass is 10.2. The number of aromatic nitrogens is 2. The highest BCUT2D eigenvalue weighted by Crippen LogP contribution is 2.35. The third-order valence-corrected chi connectivity index (χ3v) is 4.53. The number of halogens is 1. The number of hydrogen-bond acceptors (Lipinski definition) is 6. The summed E-state index contributed by atoms with van der Waals surface area (Å²) in [4.78, 5) is 27.6. The minimum Gasteiger partial charge on any atom is -0.449 e. The third kappa shape index (κ3) is 3.89. The van der Waals surface area contributed by atoms with E-state index in [1.165, 1.54) is 24.7 Å². The molecular weight excluding hydrogens is 408 g/mol. The highest BCUT2D eigenvalue weighted by molar-refractivity contribution is 6.32. The zero-order valence-corrected chi connectivity index (χ0v) is 16.1. The SMILES string of the molecule is O=c1c2ccccc2ncn1/N=C/c1ccc(Oc2ccccc2Cl)c([N+](=O)[O-])c1. The van der Waals surface area contributed by atoms with Crippen molar-refractivity contribution in [2.75, 3.05) is 0 Å². The first-order valence-corrected chi connectivity index (χ1v) is 9.12. The molecule has 30 heavy (non-hydrogen) atoms. The van der Waals surface area contributed by atoms with Gasteiger partial charge in [-0.3, -0.25) is 14.9 Å². The first-order chi connectivity index (χ1) is 14.5. The number of hydrogen-bond donors (Lipinski definition) is 0. The Kier molecular flexibility index (Phi) is 5.23. The van der Waals surface area contributed by atoms with Crippen molar-refractivity contribution in [3.8, 4) is 11.5 Å². The molecule has 0 saturated heterocycles. The number of fused-ring (bicyclic) bond motifs is 1. The Bertz CT molecular complexity index is 1350. The molecule has 8 nitrogen and oxygen atoms in total. The average molecular weight is 421 g/mol. The molecule has 0 fully saturated rings. The van der Waals surface area contributed by atoms with E-state index in [4.69, 9.17) is 16.3 Å². The molecule has 0 N–H and O–H groups in total. The van der Waals surface area contributed by atoms with E-state index in [1.807, 2.05) is 0 Å². The summed E-state index contributed by atoms with van der Waals surface area (Å²) in [6.07, 6.45) is 2.63. The molecular formula is C21H13ClN4O4. The molecule has 0 spiro atoms. The van der Waals surface area contributed by atoms with Crippen LogP contribution in [0.2, 0.25) is 5.02 Å². The Balaban J connectivity index is 1.66. The van der Waals surface area contributed by atoms with Crippen molar-refractivity contribution in [1.82, 2.24) is 9.66 Å². The maximum atomic E-state index is 12.5. The molecule has 4 rings (SSSR count). The van der Waals surface area contributed by atoms with Crippen molar-refractivity contribution in [2.24, 2.45) is 5.10 Å². The maximum absolute atomic E-state index is 12.5. The summed E-state index contributed by atoms with van der Waals surface area (Å²) in [5, 5.41) is 16.3. The van der Waals surface area contributed by atoms with E-state index in [0.717, 1.165) is 4.68 Å². The molecule has 9 heteroatoms. The quantitative estimate of drug-likeness (QED) is 0.266. The van der Waals surface area contributed by atoms with Gasteiger partial charge in [0, 0.05) is 11.6 Å². The number of rotatable bonds is 5. The van der Waals surface area contributed by atoms with Crippen LogP contribution in [0.15, 0.2) is 83.0 Å². The first kappa shape index (κ1) is 19.3. The second-order valence-corrected chi connectivity index (χ2v) is 6.58. The molecule has 148 valence electrons. The van der Waals surface area contributed by atoms with Crippen LogP contribution in [0, 0.1) is 10.1 Å². The van der Waals surface area contributed by atoms with Gasteiger partial charge in [-0.2, -0.15) is 9.78 Å². The van der Waals surface area contributed by atoms with Crippen LogP contribution >= 0.6 is 11.6 Å². The highest BCUT2D eigenvalue weighted by Gasteiger charge is 2.17. The van der Waals surface area contributed by atoms with Crippen LogP contribution in [0.4, 0.5) is 5.69 Å². The largest absolute Gasteiger partial charge is 0.449 e. The maximum Gasteiger partial charge on any atom is 0.312 e. The Morgan fingerprint density at radius 3 is 2.63 bits per heavy atom. The molecule has 4 aromatic rings. The summed E-state index contributed by atoms with van der Waals surface area (Å²) < 4.78 is 6.68. The molecule has 0 amide bonds. The molecule has 0 radical (unpaired) electrons. The molecule has 3 aromatic carbocycles. The van der Waals surface area contributed by atoms with Crippen molar-refractivity contribution < 1.29 is 9.66 Å². The second kappa shape index (κ2) is 8.14. The number of nitrogens with zero attached hydrogens (tertiary/aromatic N) is 4. The molecule has 0 aliphatic rings. The molecule has 1 heterocycles. The summed E-state index contributed by atoms with van der Waals surface area (Å²) in [5.41, 5.74) is 0.367. The molecule has 0 aliphatic heterocycles. The summed E-state index contributed by atoms with van der Waals surface area (Å²) in [7, 11) is 0. The number of nitro benzene ring substituents is 1. The molecule has 0 aliphatic carbocycles. The Morgan fingerprint density at radius 1 is 1.07 bits per heavy atom. The molecule has 0 atom stereocenters. The third-order valence-electron chi connectivity index (χ3n) is 4.22. The Hall–Kier alpha value is -4.04. The zero-order valence-electron chi connectivity index (χ0n) is 15.3. The topological polar surface area (TPSA) is 99.6 Å². The van der Waals surface area contributed by atoms with Crippen LogP contribution in [-0.4, -0.2) is 20.8 Å². The molecule has 0 bridgehead atoms. The minimum absolute atomic E-state index is 0.0368. The van der Waals surface area contributed by atoms with Crippen LogP contribution < -0.4 is 10.3 Å². The van der Waals surface area contributed by atoms with Crippen molar-refractivity contribution in [3.05, 3.63) is 104 Å². The average Bonchev–Trinajstić information content (AvgIpc) is 2.75. The van der Waals surface area contributed by atoms with E-state index >= 15 is 0 Å². The van der Waals surface area contributed by atoms with Crippen molar-refractivity contribution in [3.63, 3.8) is 0 Å². The summed E-state index contributed by atoms with van der Waals surface area (Å²) in [6.45, 7) is 0. The standard InChI is InChI=1S/C21H13ClN4O4/c22-16-6-2-4-8-19(16)30-20-10-9-14(11-18(20)26(28)29)12-24-25-13-23-17-7-3-1-5-15(17)21(25)27/h1-13H/b24-12+. The van der Waals surface area contributed by atoms with Gasteiger partial charge in [-0.05, 0) is 36.4 Å². The highest BCUT2D eigenvalue weighted by atomic mass is 35.5. The smallest absolute Gasteiger partial charge is 0.312 e. The molecule has 0 saturated carbocycles. The zero-order chi connectivity index (χ0) is 21.1. The van der Waals surface area contributed by atoms with Crippen LogP contribution in [0.25, 0.3) is 10.9 Å². The normalized spacial score (nSPS) is 11.1. The van der Waals surface area contributed by atoms with Gasteiger partial charge in [0.15, 0.2) is 0 Å². The van der Waals surface area contributed by atoms with Crippen molar-refractivity contribution in [2.45, 2.75) is 0 Å². The lowest BCUT2D eigenvalue weighted by molar-refractivity contribution is -0.385. The summed E-state index contributed by atoms with van der Waals surface area (Å²) >= 11 is 6.06. The summed E-state index contributed by atoms with van der Waals surface area (Å²) in [5.74, 6) is 0.340. The lowest BCUT2D eigenvalue weighted by Crippen LogP contribution is -2.16. The predicted octanol–water partition coefficient (Wildman–Crippen LogP) is 4.63. The van der Waals surface area contributed by atoms with Gasteiger partial charge >= 0.3 is 5.69 Å². The lowest BCUT2D eigenvalue weighted by Gasteiger charge is -2.08.